The number of carbonyl (C=O) groups is 3. The maximum Gasteiger partial charge on any atom is 0.248 e. The average molecular weight is 668 g/mol. The molecule has 2 amide bonds. The number of amides is 2. The van der Waals surface area contributed by atoms with E-state index < -0.39 is 6.04 Å². The third-order valence-corrected chi connectivity index (χ3v) is 9.51. The molecular formula is C33H35BBrN7O3. The van der Waals surface area contributed by atoms with Gasteiger partial charge in [0.1, 0.15) is 34.5 Å². The summed E-state index contributed by atoms with van der Waals surface area (Å²) in [7, 11) is 5.84. The molecule has 10 nitrogen and oxygen atoms in total. The van der Waals surface area contributed by atoms with Gasteiger partial charge in [-0.15, -0.1) is 0 Å². The summed E-state index contributed by atoms with van der Waals surface area (Å²) in [6.45, 7) is 4.03. The summed E-state index contributed by atoms with van der Waals surface area (Å²) in [6, 6.07) is 10.4. The first kappa shape index (κ1) is 31.1. The highest BCUT2D eigenvalue weighted by molar-refractivity contribution is 9.10. The first-order chi connectivity index (χ1) is 21.7. The molecule has 2 radical (unpaired) electrons. The number of carbonyl (C=O) groups excluding carboxylic acids is 3. The molecule has 1 saturated carbocycles. The molecule has 4 atom stereocenters. The minimum Gasteiger partial charge on any atom is -0.329 e. The van der Waals surface area contributed by atoms with Crippen molar-refractivity contribution in [3.8, 4) is 11.1 Å². The maximum absolute atomic E-state index is 13.5. The average Bonchev–Trinajstić information content (AvgIpc) is 3.65. The molecule has 4 aromatic rings. The van der Waals surface area contributed by atoms with Crippen LogP contribution in [0.5, 0.6) is 0 Å². The molecule has 1 aliphatic carbocycles. The molecule has 1 aromatic carbocycles. The Labute approximate surface area is 271 Å². The van der Waals surface area contributed by atoms with Crippen LogP contribution in [-0.4, -0.2) is 67.7 Å². The first-order valence-corrected chi connectivity index (χ1v) is 16.3. The van der Waals surface area contributed by atoms with Crippen molar-refractivity contribution < 1.29 is 14.4 Å². The van der Waals surface area contributed by atoms with E-state index in [9.17, 15) is 14.4 Å². The van der Waals surface area contributed by atoms with Gasteiger partial charge < -0.3 is 10.2 Å². The van der Waals surface area contributed by atoms with Crippen LogP contribution >= 0.6 is 15.9 Å². The van der Waals surface area contributed by atoms with Crippen LogP contribution in [0.1, 0.15) is 68.2 Å². The fourth-order valence-corrected chi connectivity index (χ4v) is 6.81. The molecule has 2 aliphatic rings. The van der Waals surface area contributed by atoms with Crippen molar-refractivity contribution in [2.75, 3.05) is 11.9 Å². The van der Waals surface area contributed by atoms with E-state index in [1.165, 1.54) is 13.3 Å². The predicted octanol–water partition coefficient (Wildman–Crippen LogP) is 5.59. The normalized spacial score (nSPS) is 20.2. The first-order valence-electron chi connectivity index (χ1n) is 15.5. The molecule has 2 fully saturated rings. The number of likely N-dealkylation sites (tertiary alicyclic amines) is 1. The number of pyridine rings is 1. The van der Waals surface area contributed by atoms with Gasteiger partial charge in [-0.05, 0) is 83.8 Å². The Kier molecular flexibility index (Phi) is 9.12. The Bertz CT molecular complexity index is 1740. The summed E-state index contributed by atoms with van der Waals surface area (Å²) in [5.41, 5.74) is 2.66. The molecule has 45 heavy (non-hydrogen) atoms. The van der Waals surface area contributed by atoms with Crippen molar-refractivity contribution in [3.05, 3.63) is 64.9 Å². The summed E-state index contributed by atoms with van der Waals surface area (Å²) in [4.78, 5) is 54.5. The predicted molar refractivity (Wildman–Crippen MR) is 176 cm³/mol. The van der Waals surface area contributed by atoms with E-state index in [4.69, 9.17) is 17.8 Å². The minimum absolute atomic E-state index is 0.0921. The number of nitrogens with zero attached hydrogens (tertiary/aromatic N) is 6. The highest BCUT2D eigenvalue weighted by Gasteiger charge is 2.36. The zero-order chi connectivity index (χ0) is 31.7. The lowest BCUT2D eigenvalue weighted by atomic mass is 9.68. The summed E-state index contributed by atoms with van der Waals surface area (Å²) in [6.07, 6.45) is 9.03. The maximum atomic E-state index is 13.5. The number of halogens is 1. The van der Waals surface area contributed by atoms with E-state index in [-0.39, 0.29) is 24.1 Å². The van der Waals surface area contributed by atoms with Gasteiger partial charge in [-0.3, -0.25) is 19.1 Å². The number of anilines is 1. The second kappa shape index (κ2) is 13.2. The molecule has 4 heterocycles. The van der Waals surface area contributed by atoms with Gasteiger partial charge in [-0.2, -0.15) is 5.10 Å². The van der Waals surface area contributed by atoms with Gasteiger partial charge in [0.2, 0.25) is 11.8 Å². The summed E-state index contributed by atoms with van der Waals surface area (Å²) in [5, 5.41) is 8.01. The third kappa shape index (κ3) is 6.56. The Morgan fingerprint density at radius 3 is 2.58 bits per heavy atom. The van der Waals surface area contributed by atoms with E-state index in [0.29, 0.717) is 70.5 Å². The van der Waals surface area contributed by atoms with Gasteiger partial charge in [-0.25, -0.2) is 15.0 Å². The van der Waals surface area contributed by atoms with E-state index in [1.54, 1.807) is 27.8 Å². The van der Waals surface area contributed by atoms with Crippen LogP contribution in [0.25, 0.3) is 22.0 Å². The number of nitrogens with one attached hydrogen (secondary N) is 1. The van der Waals surface area contributed by atoms with Gasteiger partial charge in [-0.1, -0.05) is 31.3 Å². The number of Topliss-reactive ketones (excluding diaryl/α,β-unsaturated/α-hetero) is 1. The Hall–Kier alpha value is -3.93. The van der Waals surface area contributed by atoms with Gasteiger partial charge in [0.05, 0.1) is 13.4 Å². The van der Waals surface area contributed by atoms with Crippen molar-refractivity contribution in [2.45, 2.75) is 70.8 Å². The zero-order valence-corrected chi connectivity index (χ0v) is 27.0. The quantitative estimate of drug-likeness (QED) is 0.133. The van der Waals surface area contributed by atoms with Crippen LogP contribution in [0.4, 0.5) is 5.82 Å². The molecular weight excluding hydrogens is 633 g/mol. The summed E-state index contributed by atoms with van der Waals surface area (Å²) >= 11 is 3.31. The number of aromatic nitrogens is 5. The molecule has 0 bridgehead atoms. The molecule has 6 rings (SSSR count). The Morgan fingerprint density at radius 2 is 1.89 bits per heavy atom. The van der Waals surface area contributed by atoms with Crippen molar-refractivity contribution in [2.24, 2.45) is 11.8 Å². The molecule has 4 unspecified atom stereocenters. The lowest BCUT2D eigenvalue weighted by Gasteiger charge is -2.37. The highest BCUT2D eigenvalue weighted by Crippen LogP contribution is 2.45. The Morgan fingerprint density at radius 1 is 1.09 bits per heavy atom. The van der Waals surface area contributed by atoms with Crippen molar-refractivity contribution >= 4 is 58.1 Å². The number of rotatable bonds is 10. The van der Waals surface area contributed by atoms with Crippen LogP contribution in [0, 0.1) is 11.8 Å². The summed E-state index contributed by atoms with van der Waals surface area (Å²) < 4.78 is 2.16. The van der Waals surface area contributed by atoms with E-state index in [2.05, 4.69) is 38.3 Å². The molecule has 230 valence electrons. The van der Waals surface area contributed by atoms with Gasteiger partial charge in [0.15, 0.2) is 5.78 Å². The monoisotopic (exact) mass is 667 g/mol. The molecule has 12 heteroatoms. The van der Waals surface area contributed by atoms with Gasteiger partial charge >= 0.3 is 0 Å². The van der Waals surface area contributed by atoms with E-state index >= 15 is 0 Å². The van der Waals surface area contributed by atoms with Crippen LogP contribution in [-0.2, 0) is 16.1 Å². The van der Waals surface area contributed by atoms with E-state index in [1.807, 2.05) is 30.6 Å². The lowest BCUT2D eigenvalue weighted by Crippen LogP contribution is -2.44. The fraction of sp³-hybridized carbons (Fsp3) is 0.424. The summed E-state index contributed by atoms with van der Waals surface area (Å²) in [5.74, 6) is 2.01. The third-order valence-electron chi connectivity index (χ3n) is 9.07. The number of benzene rings is 1. The van der Waals surface area contributed by atoms with Crippen LogP contribution in [0.15, 0.2) is 53.4 Å². The number of hydrogen-bond acceptors (Lipinski definition) is 7. The van der Waals surface area contributed by atoms with Crippen LogP contribution in [0.3, 0.4) is 0 Å². The molecule has 1 aliphatic heterocycles. The number of hydrogen-bond donors (Lipinski definition) is 1. The standard InChI is InChI=1S/C33H35BBrN7O3/c1-19(15-34)13-22-8-10-24(22)32-36-16-23(17-37-32)21-9-11-26-25(14-21)31(20(2)43)40-42(26)18-30(44)41-12-4-5-27(41)33(45)39-29-7-3-6-28(35)38-29/h3,6-7,9,11,14,16-17,19,22,24,27H,4-5,8,10,12-13,15,18H2,1-2H3,(H,38,39,45). The second-order valence-corrected chi connectivity index (χ2v) is 13.0. The van der Waals surface area contributed by atoms with Crippen molar-refractivity contribution in [1.29, 1.82) is 0 Å². The minimum atomic E-state index is -0.610. The Balaban J connectivity index is 1.19. The number of fused-ring (bicyclic) bond motifs is 1. The van der Waals surface area contributed by atoms with Crippen molar-refractivity contribution in [3.63, 3.8) is 0 Å². The lowest BCUT2D eigenvalue weighted by molar-refractivity contribution is -0.137. The topological polar surface area (TPSA) is 123 Å². The van der Waals surface area contributed by atoms with Gasteiger partial charge in [0, 0.05) is 42.7 Å². The SMILES string of the molecule is [B]CC(C)CC1CCC1c1ncc(-c2ccc3c(c2)c(C(C)=O)nn3CC(=O)N2CCCC2C(=O)Nc2cccc(Br)n2)cn1. The molecule has 1 N–H and O–H groups in total. The van der Waals surface area contributed by atoms with E-state index in [0.717, 1.165) is 29.8 Å². The second-order valence-electron chi connectivity index (χ2n) is 12.2. The zero-order valence-electron chi connectivity index (χ0n) is 25.4. The highest BCUT2D eigenvalue weighted by atomic mass is 79.9. The van der Waals surface area contributed by atoms with Crippen LogP contribution in [0.2, 0.25) is 6.32 Å². The smallest absolute Gasteiger partial charge is 0.248 e. The van der Waals surface area contributed by atoms with Crippen molar-refractivity contribution in [1.82, 2.24) is 29.6 Å². The fourth-order valence-electron chi connectivity index (χ4n) is 6.47. The molecule has 3 aromatic heterocycles. The van der Waals surface area contributed by atoms with Crippen LogP contribution < -0.4 is 5.32 Å². The molecule has 1 saturated heterocycles. The van der Waals surface area contributed by atoms with Gasteiger partial charge in [0.25, 0.3) is 0 Å². The number of ketones is 1. The largest absolute Gasteiger partial charge is 0.329 e. The molecule has 0 spiro atoms.